The minimum atomic E-state index is -1.06. The highest BCUT2D eigenvalue weighted by molar-refractivity contribution is 5.48. The molecule has 2 N–H and O–H groups in total. The van der Waals surface area contributed by atoms with Gasteiger partial charge in [-0.1, -0.05) is 19.9 Å². The van der Waals surface area contributed by atoms with Gasteiger partial charge in [-0.2, -0.15) is 4.39 Å². The third-order valence-electron chi connectivity index (χ3n) is 2.58. The summed E-state index contributed by atoms with van der Waals surface area (Å²) in [6.07, 6.45) is 1.22. The van der Waals surface area contributed by atoms with E-state index in [0.29, 0.717) is 5.56 Å². The topological polar surface area (TPSA) is 61.0 Å². The van der Waals surface area contributed by atoms with E-state index in [2.05, 4.69) is 9.97 Å². The maximum atomic E-state index is 13.5. The molecule has 1 aromatic heterocycles. The van der Waals surface area contributed by atoms with Gasteiger partial charge in [-0.05, 0) is 18.1 Å². The number of hydrogen-bond acceptors (Lipinski definition) is 4. The average Bonchev–Trinajstić information content (AvgIpc) is 2.34. The molecule has 0 unspecified atom stereocenters. The summed E-state index contributed by atoms with van der Waals surface area (Å²) < 4.78 is 32.0. The van der Waals surface area contributed by atoms with E-state index in [0.717, 1.165) is 6.07 Å². The van der Waals surface area contributed by atoms with Crippen LogP contribution in [0.2, 0.25) is 0 Å². The minimum Gasteiger partial charge on any atom is -0.435 e. The summed E-state index contributed by atoms with van der Waals surface area (Å²) in [7, 11) is 0. The Morgan fingerprint density at radius 3 is 2.63 bits per heavy atom. The molecule has 2 rings (SSSR count). The van der Waals surface area contributed by atoms with Gasteiger partial charge in [0.25, 0.3) is 0 Å². The van der Waals surface area contributed by atoms with Crippen LogP contribution in [-0.4, -0.2) is 9.97 Å². The lowest BCUT2D eigenvalue weighted by Gasteiger charge is -2.14. The molecule has 100 valence electrons. The van der Waals surface area contributed by atoms with E-state index in [9.17, 15) is 8.78 Å². The molecular formula is C13H13F2N3O. The van der Waals surface area contributed by atoms with Crippen LogP contribution in [0.5, 0.6) is 11.6 Å². The number of nitrogens with zero attached hydrogens (tertiary/aromatic N) is 2. The maximum Gasteiger partial charge on any atom is 0.228 e. The van der Waals surface area contributed by atoms with Crippen LogP contribution in [0, 0.1) is 11.6 Å². The molecule has 1 heterocycles. The summed E-state index contributed by atoms with van der Waals surface area (Å²) in [6.45, 7) is 3.76. The molecule has 0 saturated heterocycles. The highest BCUT2D eigenvalue weighted by Crippen LogP contribution is 2.32. The van der Waals surface area contributed by atoms with Crippen LogP contribution in [-0.2, 0) is 0 Å². The van der Waals surface area contributed by atoms with Crippen LogP contribution >= 0.6 is 0 Å². The first kappa shape index (κ1) is 13.2. The second-order valence-corrected chi connectivity index (χ2v) is 4.29. The fourth-order valence-electron chi connectivity index (χ4n) is 1.68. The molecule has 0 radical (unpaired) electrons. The van der Waals surface area contributed by atoms with Crippen LogP contribution in [0.3, 0.4) is 0 Å². The summed E-state index contributed by atoms with van der Waals surface area (Å²) in [5.41, 5.74) is 6.31. The zero-order chi connectivity index (χ0) is 14.0. The number of aromatic nitrogens is 2. The molecule has 0 aliphatic rings. The first-order valence-electron chi connectivity index (χ1n) is 5.73. The highest BCUT2D eigenvalue weighted by atomic mass is 19.2. The van der Waals surface area contributed by atoms with Crippen LogP contribution in [0.1, 0.15) is 25.3 Å². The van der Waals surface area contributed by atoms with Gasteiger partial charge in [0.05, 0.1) is 5.56 Å². The van der Waals surface area contributed by atoms with Gasteiger partial charge in [0.2, 0.25) is 11.7 Å². The Morgan fingerprint density at radius 1 is 1.21 bits per heavy atom. The molecule has 0 aliphatic heterocycles. The second-order valence-electron chi connectivity index (χ2n) is 4.29. The SMILES string of the molecule is CC(C)c1c(N)ncnc1Oc1cccc(F)c1F. The number of benzene rings is 1. The van der Waals surface area contributed by atoms with Crippen molar-refractivity contribution in [2.45, 2.75) is 19.8 Å². The number of rotatable bonds is 3. The van der Waals surface area contributed by atoms with Crippen molar-refractivity contribution in [1.29, 1.82) is 0 Å². The molecular weight excluding hydrogens is 252 g/mol. The number of nitrogen functional groups attached to an aromatic ring is 1. The lowest BCUT2D eigenvalue weighted by molar-refractivity contribution is 0.400. The minimum absolute atomic E-state index is 0.00665. The van der Waals surface area contributed by atoms with Gasteiger partial charge in [0.1, 0.15) is 12.1 Å². The smallest absolute Gasteiger partial charge is 0.228 e. The summed E-state index contributed by atoms with van der Waals surface area (Å²) in [4.78, 5) is 7.79. The zero-order valence-corrected chi connectivity index (χ0v) is 10.5. The van der Waals surface area contributed by atoms with E-state index in [-0.39, 0.29) is 23.4 Å². The summed E-state index contributed by atoms with van der Waals surface area (Å²) >= 11 is 0. The Balaban J connectivity index is 2.44. The van der Waals surface area contributed by atoms with Crippen LogP contribution in [0.15, 0.2) is 24.5 Å². The molecule has 0 amide bonds. The molecule has 4 nitrogen and oxygen atoms in total. The standard InChI is InChI=1S/C13H13F2N3O/c1-7(2)10-12(16)17-6-18-13(10)19-9-5-3-4-8(14)11(9)15/h3-7H,1-2H3,(H2,16,17,18). The third-order valence-corrected chi connectivity index (χ3v) is 2.58. The molecule has 0 spiro atoms. The molecule has 0 aliphatic carbocycles. The van der Waals surface area contributed by atoms with E-state index in [4.69, 9.17) is 10.5 Å². The van der Waals surface area contributed by atoms with Gasteiger partial charge in [-0.15, -0.1) is 0 Å². The third kappa shape index (κ3) is 2.62. The predicted molar refractivity (Wildman–Crippen MR) is 67.0 cm³/mol. The molecule has 1 aromatic carbocycles. The second kappa shape index (κ2) is 5.17. The molecule has 2 aromatic rings. The van der Waals surface area contributed by atoms with Crippen molar-refractivity contribution in [2.75, 3.05) is 5.73 Å². The van der Waals surface area contributed by atoms with E-state index < -0.39 is 11.6 Å². The lowest BCUT2D eigenvalue weighted by atomic mass is 10.1. The van der Waals surface area contributed by atoms with Crippen LogP contribution in [0.4, 0.5) is 14.6 Å². The van der Waals surface area contributed by atoms with E-state index in [1.54, 1.807) is 0 Å². The van der Waals surface area contributed by atoms with Gasteiger partial charge in [0.15, 0.2) is 11.6 Å². The number of anilines is 1. The Labute approximate surface area is 109 Å². The Bertz CT molecular complexity index is 602. The quantitative estimate of drug-likeness (QED) is 0.925. The molecule has 0 fully saturated rings. The maximum absolute atomic E-state index is 13.5. The summed E-state index contributed by atoms with van der Waals surface area (Å²) in [5.74, 6) is -1.89. The molecule has 6 heteroatoms. The number of hydrogen-bond donors (Lipinski definition) is 1. The zero-order valence-electron chi connectivity index (χ0n) is 10.5. The summed E-state index contributed by atoms with van der Waals surface area (Å²) in [5, 5.41) is 0. The van der Waals surface area contributed by atoms with Gasteiger partial charge in [-0.3, -0.25) is 0 Å². The van der Waals surface area contributed by atoms with Crippen molar-refractivity contribution in [1.82, 2.24) is 9.97 Å². The monoisotopic (exact) mass is 265 g/mol. The van der Waals surface area contributed by atoms with Crippen molar-refractivity contribution < 1.29 is 13.5 Å². The first-order chi connectivity index (χ1) is 9.00. The highest BCUT2D eigenvalue weighted by Gasteiger charge is 2.17. The Morgan fingerprint density at radius 2 is 1.95 bits per heavy atom. The normalized spacial score (nSPS) is 10.8. The van der Waals surface area contributed by atoms with Crippen molar-refractivity contribution in [3.8, 4) is 11.6 Å². The Kier molecular flexibility index (Phi) is 3.59. The molecule has 0 atom stereocenters. The first-order valence-corrected chi connectivity index (χ1v) is 5.73. The van der Waals surface area contributed by atoms with Crippen molar-refractivity contribution in [3.05, 3.63) is 41.7 Å². The molecule has 0 saturated carbocycles. The summed E-state index contributed by atoms with van der Waals surface area (Å²) in [6, 6.07) is 3.69. The van der Waals surface area contributed by atoms with Crippen molar-refractivity contribution >= 4 is 5.82 Å². The van der Waals surface area contributed by atoms with E-state index in [1.165, 1.54) is 18.5 Å². The predicted octanol–water partition coefficient (Wildman–Crippen LogP) is 3.25. The van der Waals surface area contributed by atoms with Gasteiger partial charge < -0.3 is 10.5 Å². The van der Waals surface area contributed by atoms with Gasteiger partial charge >= 0.3 is 0 Å². The number of nitrogens with two attached hydrogens (primary N) is 1. The van der Waals surface area contributed by atoms with E-state index in [1.807, 2.05) is 13.8 Å². The van der Waals surface area contributed by atoms with Crippen molar-refractivity contribution in [2.24, 2.45) is 0 Å². The fraction of sp³-hybridized carbons (Fsp3) is 0.231. The lowest BCUT2D eigenvalue weighted by Crippen LogP contribution is -2.05. The molecule has 19 heavy (non-hydrogen) atoms. The largest absolute Gasteiger partial charge is 0.435 e. The average molecular weight is 265 g/mol. The number of halogens is 2. The van der Waals surface area contributed by atoms with Crippen LogP contribution < -0.4 is 10.5 Å². The van der Waals surface area contributed by atoms with Gasteiger partial charge in [0, 0.05) is 0 Å². The van der Waals surface area contributed by atoms with Crippen molar-refractivity contribution in [3.63, 3.8) is 0 Å². The Hall–Kier alpha value is -2.24. The van der Waals surface area contributed by atoms with E-state index >= 15 is 0 Å². The van der Waals surface area contributed by atoms with Crippen LogP contribution in [0.25, 0.3) is 0 Å². The van der Waals surface area contributed by atoms with Gasteiger partial charge in [-0.25, -0.2) is 14.4 Å². The fourth-order valence-corrected chi connectivity index (χ4v) is 1.68. The number of ether oxygens (including phenoxy) is 1. The molecule has 0 bridgehead atoms.